The summed E-state index contributed by atoms with van der Waals surface area (Å²) in [6.07, 6.45) is 1.37. The molecule has 0 spiro atoms. The van der Waals surface area contributed by atoms with Gasteiger partial charge in [0, 0.05) is 12.1 Å². The number of carboxylic acid groups (broad SMARTS) is 1. The van der Waals surface area contributed by atoms with Crippen molar-refractivity contribution >= 4 is 22.1 Å². The highest BCUT2D eigenvalue weighted by atomic mass is 32.2. The molecule has 0 aliphatic carbocycles. The van der Waals surface area contributed by atoms with E-state index in [-0.39, 0.29) is 6.61 Å². The van der Waals surface area contributed by atoms with Crippen LogP contribution in [0.5, 0.6) is 11.5 Å². The number of ether oxygens (including phenoxy) is 1. The van der Waals surface area contributed by atoms with Gasteiger partial charge in [0.05, 0.1) is 11.0 Å². The van der Waals surface area contributed by atoms with E-state index in [1.807, 2.05) is 0 Å². The van der Waals surface area contributed by atoms with E-state index in [4.69, 9.17) is 19.3 Å². The van der Waals surface area contributed by atoms with Gasteiger partial charge in [-0.3, -0.25) is 4.55 Å². The van der Waals surface area contributed by atoms with Crippen molar-refractivity contribution in [3.63, 3.8) is 0 Å². The van der Waals surface area contributed by atoms with Crippen LogP contribution >= 0.6 is 0 Å². The molecule has 0 aliphatic heterocycles. The minimum atomic E-state index is -4.79. The van der Waals surface area contributed by atoms with Gasteiger partial charge in [-0.15, -0.1) is 0 Å². The molecule has 1 atom stereocenters. The summed E-state index contributed by atoms with van der Waals surface area (Å²) >= 11 is 0. The van der Waals surface area contributed by atoms with Crippen LogP contribution in [-0.2, 0) is 19.8 Å². The van der Waals surface area contributed by atoms with Crippen LogP contribution in [0.25, 0.3) is 0 Å². The van der Waals surface area contributed by atoms with Gasteiger partial charge in [0.15, 0.2) is 5.75 Å². The van der Waals surface area contributed by atoms with Crippen molar-refractivity contribution in [1.82, 2.24) is 0 Å². The molecule has 10 nitrogen and oxygen atoms in total. The monoisotopic (exact) mass is 376 g/mol. The van der Waals surface area contributed by atoms with Crippen LogP contribution in [-0.4, -0.2) is 47.8 Å². The van der Waals surface area contributed by atoms with E-state index >= 15 is 0 Å². The van der Waals surface area contributed by atoms with Crippen LogP contribution in [0.3, 0.4) is 0 Å². The summed E-state index contributed by atoms with van der Waals surface area (Å²) in [6.45, 7) is 2.54. The third-order valence-corrected chi connectivity index (χ3v) is 3.35. The normalized spacial score (nSPS) is 12.8. The van der Waals surface area contributed by atoms with Crippen LogP contribution in [0.15, 0.2) is 29.2 Å². The zero-order valence-corrected chi connectivity index (χ0v) is 14.0. The van der Waals surface area contributed by atoms with Crippen LogP contribution < -0.4 is 9.62 Å². The van der Waals surface area contributed by atoms with Crippen molar-refractivity contribution in [3.8, 4) is 11.5 Å². The molecular weight excluding hydrogens is 360 g/mol. The van der Waals surface area contributed by atoms with Gasteiger partial charge >= 0.3 is 11.9 Å². The van der Waals surface area contributed by atoms with E-state index in [0.717, 1.165) is 6.08 Å². The number of rotatable bonds is 8. The molecule has 1 aromatic rings. The van der Waals surface area contributed by atoms with E-state index in [1.165, 1.54) is 19.9 Å². The highest BCUT2D eigenvalue weighted by molar-refractivity contribution is 7.85. The summed E-state index contributed by atoms with van der Waals surface area (Å²) in [6, 6.07) is 1.30. The summed E-state index contributed by atoms with van der Waals surface area (Å²) in [5, 5.41) is 18.3. The van der Waals surface area contributed by atoms with Crippen molar-refractivity contribution in [2.24, 2.45) is 0 Å². The number of carbonyl (C=O) groups excluding carboxylic acids is 1. The third-order valence-electron chi connectivity index (χ3n) is 2.52. The summed E-state index contributed by atoms with van der Waals surface area (Å²) in [7, 11) is -4.79. The first-order valence-electron chi connectivity index (χ1n) is 6.77. The second-order valence-electron chi connectivity index (χ2n) is 4.72. The predicted octanol–water partition coefficient (Wildman–Crippen LogP) is 0.804. The van der Waals surface area contributed by atoms with Gasteiger partial charge < -0.3 is 19.8 Å². The Morgan fingerprint density at radius 1 is 1.32 bits per heavy atom. The largest absolute Gasteiger partial charge is 0.478 e. The van der Waals surface area contributed by atoms with Gasteiger partial charge in [0.25, 0.3) is 10.1 Å². The number of esters is 1. The third kappa shape index (κ3) is 6.15. The fourth-order valence-electron chi connectivity index (χ4n) is 1.52. The van der Waals surface area contributed by atoms with Crippen molar-refractivity contribution < 1.29 is 47.3 Å². The molecule has 1 unspecified atom stereocenters. The number of hydrogen-bond donors (Lipinski definition) is 3. The maximum absolute atomic E-state index is 11.6. The Morgan fingerprint density at radius 3 is 2.44 bits per heavy atom. The maximum atomic E-state index is 11.6. The molecular formula is C14H16O10S. The zero-order chi connectivity index (χ0) is 19.2. The number of aliphatic hydroxyl groups excluding tert-OH is 1. The minimum absolute atomic E-state index is 0.346. The SMILES string of the molecule is CC=CC(=O)Oc1cc(S(=O)(=O)O)cc(C(=O)O)c1OOCC(C)O. The number of aliphatic hydroxyl groups is 1. The molecule has 0 aliphatic rings. The minimum Gasteiger partial charge on any atom is -0.478 e. The van der Waals surface area contributed by atoms with Crippen LogP contribution in [0, 0.1) is 0 Å². The average Bonchev–Trinajstić information content (AvgIpc) is 2.46. The molecule has 138 valence electrons. The fraction of sp³-hybridized carbons (Fsp3) is 0.286. The molecule has 0 saturated heterocycles. The smallest absolute Gasteiger partial charge is 0.339 e. The van der Waals surface area contributed by atoms with Gasteiger partial charge in [0.1, 0.15) is 12.2 Å². The zero-order valence-electron chi connectivity index (χ0n) is 13.2. The lowest BCUT2D eigenvalue weighted by Gasteiger charge is -2.14. The first-order valence-corrected chi connectivity index (χ1v) is 8.21. The van der Waals surface area contributed by atoms with Gasteiger partial charge in [0.2, 0.25) is 5.75 Å². The second-order valence-corrected chi connectivity index (χ2v) is 6.14. The average molecular weight is 376 g/mol. The van der Waals surface area contributed by atoms with Gasteiger partial charge in [-0.1, -0.05) is 6.08 Å². The van der Waals surface area contributed by atoms with Crippen molar-refractivity contribution in [2.75, 3.05) is 6.61 Å². The van der Waals surface area contributed by atoms with Crippen molar-refractivity contribution in [3.05, 3.63) is 29.8 Å². The first-order chi connectivity index (χ1) is 11.6. The van der Waals surface area contributed by atoms with Crippen molar-refractivity contribution in [1.29, 1.82) is 0 Å². The summed E-state index contributed by atoms with van der Waals surface area (Å²) in [4.78, 5) is 31.5. The van der Waals surface area contributed by atoms with E-state index in [0.29, 0.717) is 12.1 Å². The van der Waals surface area contributed by atoms with Gasteiger partial charge in [-0.2, -0.15) is 13.3 Å². The van der Waals surface area contributed by atoms with E-state index in [2.05, 4.69) is 4.89 Å². The molecule has 0 bridgehead atoms. The molecule has 0 heterocycles. The number of carboxylic acids is 1. The Bertz CT molecular complexity index is 779. The topological polar surface area (TPSA) is 157 Å². The lowest BCUT2D eigenvalue weighted by atomic mass is 10.2. The number of carbonyl (C=O) groups is 2. The van der Waals surface area contributed by atoms with Crippen molar-refractivity contribution in [2.45, 2.75) is 24.8 Å². The standard InChI is InChI=1S/C14H16O10S/c1-3-4-12(16)23-11-6-9(25(19,20)21)5-10(14(17)18)13(11)24-22-7-8(2)15/h3-6,8,15H,7H2,1-2H3,(H,17,18)(H,19,20,21). The predicted molar refractivity (Wildman–Crippen MR) is 81.9 cm³/mol. The molecule has 1 aromatic carbocycles. The molecule has 0 fully saturated rings. The molecule has 11 heteroatoms. The van der Waals surface area contributed by atoms with E-state index in [1.54, 1.807) is 0 Å². The Labute approximate surface area is 142 Å². The van der Waals surface area contributed by atoms with Crippen LogP contribution in [0.4, 0.5) is 0 Å². The lowest BCUT2D eigenvalue weighted by Crippen LogP contribution is -2.15. The van der Waals surface area contributed by atoms with Gasteiger partial charge in [-0.05, 0) is 19.9 Å². The Kier molecular flexibility index (Phi) is 7.06. The highest BCUT2D eigenvalue weighted by Crippen LogP contribution is 2.35. The van der Waals surface area contributed by atoms with E-state index in [9.17, 15) is 23.1 Å². The Morgan fingerprint density at radius 2 is 1.96 bits per heavy atom. The number of allylic oxidation sites excluding steroid dienone is 1. The second kappa shape index (κ2) is 8.58. The number of hydrogen-bond acceptors (Lipinski definition) is 8. The number of aromatic carboxylic acids is 1. The summed E-state index contributed by atoms with van der Waals surface area (Å²) in [5.74, 6) is -3.81. The molecule has 0 aromatic heterocycles. The Hall–Kier alpha value is -2.47. The lowest BCUT2D eigenvalue weighted by molar-refractivity contribution is -0.222. The first kappa shape index (κ1) is 20.6. The molecule has 0 radical (unpaired) electrons. The van der Waals surface area contributed by atoms with Crippen LogP contribution in [0.1, 0.15) is 24.2 Å². The molecule has 25 heavy (non-hydrogen) atoms. The van der Waals surface area contributed by atoms with Crippen LogP contribution in [0.2, 0.25) is 0 Å². The fourth-order valence-corrected chi connectivity index (χ4v) is 2.04. The molecule has 1 rings (SSSR count). The number of benzene rings is 1. The summed E-state index contributed by atoms with van der Waals surface area (Å²) < 4.78 is 36.5. The summed E-state index contributed by atoms with van der Waals surface area (Å²) in [5.41, 5.74) is -0.746. The highest BCUT2D eigenvalue weighted by Gasteiger charge is 2.25. The maximum Gasteiger partial charge on any atom is 0.339 e. The Balaban J connectivity index is 3.45. The van der Waals surface area contributed by atoms with E-state index < -0.39 is 50.1 Å². The molecule has 0 saturated carbocycles. The van der Waals surface area contributed by atoms with Gasteiger partial charge in [-0.25, -0.2) is 9.59 Å². The molecule has 0 amide bonds. The molecule has 3 N–H and O–H groups in total. The quantitative estimate of drug-likeness (QED) is 0.148.